The third kappa shape index (κ3) is 4.73. The number of hydrogen-bond acceptors (Lipinski definition) is 0. The maximum absolute atomic E-state index is 3.21. The minimum atomic E-state index is 0.608. The van der Waals surface area contributed by atoms with Crippen LogP contribution in [0.3, 0.4) is 0 Å². The molecule has 1 aromatic heterocycles. The van der Waals surface area contributed by atoms with E-state index in [0.29, 0.717) is 12.0 Å². The molecule has 2 atom stereocenters. The highest BCUT2D eigenvalue weighted by atomic mass is 15.1. The molecule has 0 aliphatic carbocycles. The van der Waals surface area contributed by atoms with Gasteiger partial charge in [0.2, 0.25) is 6.33 Å². The van der Waals surface area contributed by atoms with E-state index in [1.165, 1.54) is 44.1 Å². The monoisotopic (exact) mass is 285 g/mol. The summed E-state index contributed by atoms with van der Waals surface area (Å²) in [6, 6.07) is 11.6. The number of unbranched alkanes of at least 4 members (excludes halogenated alkanes) is 1. The van der Waals surface area contributed by atoms with Crippen LogP contribution >= 0.6 is 0 Å². The number of hydrogen-bond donors (Lipinski definition) is 1. The van der Waals surface area contributed by atoms with Crippen molar-refractivity contribution in [3.8, 4) is 0 Å². The van der Waals surface area contributed by atoms with Crippen molar-refractivity contribution in [2.45, 2.75) is 58.4 Å². The lowest BCUT2D eigenvalue weighted by Gasteiger charge is -2.24. The van der Waals surface area contributed by atoms with Gasteiger partial charge in [0.05, 0.1) is 0 Å². The molecule has 0 saturated heterocycles. The molecule has 0 bridgehead atoms. The summed E-state index contributed by atoms with van der Waals surface area (Å²) in [6.45, 7) is 4.58. The minimum Gasteiger partial charge on any atom is -0.250 e. The van der Waals surface area contributed by atoms with Crippen molar-refractivity contribution in [2.75, 3.05) is 0 Å². The summed E-state index contributed by atoms with van der Waals surface area (Å²) in [4.78, 5) is 3.21. The summed E-state index contributed by atoms with van der Waals surface area (Å²) in [7, 11) is 0. The third-order valence-corrected chi connectivity index (χ3v) is 4.35. The first kappa shape index (κ1) is 15.8. The van der Waals surface area contributed by atoms with Gasteiger partial charge in [-0.15, -0.1) is 0 Å². The van der Waals surface area contributed by atoms with E-state index in [1.54, 1.807) is 0 Å². The summed E-state index contributed by atoms with van der Waals surface area (Å²) in [6.07, 6.45) is 13.9. The number of imidazole rings is 1. The molecule has 2 aromatic rings. The summed E-state index contributed by atoms with van der Waals surface area (Å²) >= 11 is 0. The van der Waals surface area contributed by atoms with Gasteiger partial charge in [-0.3, -0.25) is 4.98 Å². The van der Waals surface area contributed by atoms with Gasteiger partial charge in [-0.1, -0.05) is 57.0 Å². The summed E-state index contributed by atoms with van der Waals surface area (Å²) in [5, 5.41) is 0. The van der Waals surface area contributed by atoms with E-state index in [9.17, 15) is 0 Å². The normalized spacial score (nSPS) is 14.0. The van der Waals surface area contributed by atoms with E-state index in [4.69, 9.17) is 0 Å². The Kier molecular flexibility index (Phi) is 6.52. The predicted octanol–water partition coefficient (Wildman–Crippen LogP) is 4.69. The Morgan fingerprint density at radius 3 is 2.48 bits per heavy atom. The molecule has 114 valence electrons. The molecule has 1 heterocycles. The Morgan fingerprint density at radius 2 is 1.86 bits per heavy atom. The largest absolute Gasteiger partial charge is 0.250 e. The lowest BCUT2D eigenvalue weighted by atomic mass is 9.85. The van der Waals surface area contributed by atoms with Gasteiger partial charge in [0, 0.05) is 5.92 Å². The standard InChI is InChI=1S/C19H28N2/c1-3-5-12-19(21-14-13-20-16-21)18(9-4-2)15-17-10-7-6-8-11-17/h6-8,10-11,13-14,16,18-19H,3-5,9,12,15H2,1-2H3/p+1. The van der Waals surface area contributed by atoms with Gasteiger partial charge < -0.3 is 0 Å². The van der Waals surface area contributed by atoms with Crippen LogP contribution in [0.4, 0.5) is 0 Å². The van der Waals surface area contributed by atoms with Crippen molar-refractivity contribution in [1.82, 2.24) is 4.98 Å². The number of aromatic nitrogens is 2. The second-order valence-corrected chi connectivity index (χ2v) is 6.01. The van der Waals surface area contributed by atoms with Gasteiger partial charge in [0.25, 0.3) is 0 Å². The molecule has 1 aromatic carbocycles. The van der Waals surface area contributed by atoms with E-state index < -0.39 is 0 Å². The number of nitrogens with zero attached hydrogens (tertiary/aromatic N) is 1. The van der Waals surface area contributed by atoms with Crippen molar-refractivity contribution < 1.29 is 4.57 Å². The van der Waals surface area contributed by atoms with Crippen molar-refractivity contribution in [3.63, 3.8) is 0 Å². The van der Waals surface area contributed by atoms with E-state index in [-0.39, 0.29) is 0 Å². The van der Waals surface area contributed by atoms with Crippen LogP contribution in [0.25, 0.3) is 0 Å². The van der Waals surface area contributed by atoms with Crippen LogP contribution in [-0.2, 0) is 6.42 Å². The Morgan fingerprint density at radius 1 is 1.05 bits per heavy atom. The molecule has 0 amide bonds. The zero-order chi connectivity index (χ0) is 14.9. The molecule has 1 N–H and O–H groups in total. The van der Waals surface area contributed by atoms with Crippen molar-refractivity contribution >= 4 is 0 Å². The molecular weight excluding hydrogens is 256 g/mol. The zero-order valence-corrected chi connectivity index (χ0v) is 13.5. The third-order valence-electron chi connectivity index (χ3n) is 4.35. The molecule has 2 heteroatoms. The second-order valence-electron chi connectivity index (χ2n) is 6.01. The molecule has 21 heavy (non-hydrogen) atoms. The maximum atomic E-state index is 3.21. The fourth-order valence-electron chi connectivity index (χ4n) is 3.27. The van der Waals surface area contributed by atoms with E-state index in [2.05, 4.69) is 66.3 Å². The molecule has 0 spiro atoms. The average molecular weight is 285 g/mol. The van der Waals surface area contributed by atoms with Gasteiger partial charge in [0.15, 0.2) is 0 Å². The molecule has 2 rings (SSSR count). The first-order valence-corrected chi connectivity index (χ1v) is 8.42. The lowest BCUT2D eigenvalue weighted by molar-refractivity contribution is -0.730. The SMILES string of the molecule is CCCCC(C(CCC)Cc1ccccc1)[n+]1cc[nH]c1. The molecule has 0 aliphatic rings. The van der Waals surface area contributed by atoms with Gasteiger partial charge in [0.1, 0.15) is 18.4 Å². The Labute approximate surface area is 129 Å². The minimum absolute atomic E-state index is 0.608. The van der Waals surface area contributed by atoms with Gasteiger partial charge in [-0.05, 0) is 31.2 Å². The smallest absolute Gasteiger partial charge is 0.241 e. The molecule has 0 aliphatic heterocycles. The lowest BCUT2D eigenvalue weighted by Crippen LogP contribution is -2.42. The van der Waals surface area contributed by atoms with Crippen LogP contribution in [-0.4, -0.2) is 4.98 Å². The van der Waals surface area contributed by atoms with Gasteiger partial charge >= 0.3 is 0 Å². The highest BCUT2D eigenvalue weighted by Crippen LogP contribution is 2.27. The van der Waals surface area contributed by atoms with Gasteiger partial charge in [-0.2, -0.15) is 0 Å². The van der Waals surface area contributed by atoms with Crippen LogP contribution in [0.15, 0.2) is 49.1 Å². The Balaban J connectivity index is 2.15. The fraction of sp³-hybridized carbons (Fsp3) is 0.526. The number of aromatic amines is 1. The Hall–Kier alpha value is -1.57. The maximum Gasteiger partial charge on any atom is 0.241 e. The van der Waals surface area contributed by atoms with E-state index >= 15 is 0 Å². The topological polar surface area (TPSA) is 19.7 Å². The molecule has 2 unspecified atom stereocenters. The first-order valence-electron chi connectivity index (χ1n) is 8.42. The van der Waals surface area contributed by atoms with Crippen LogP contribution in [0, 0.1) is 5.92 Å². The van der Waals surface area contributed by atoms with Crippen molar-refractivity contribution in [1.29, 1.82) is 0 Å². The summed E-state index contributed by atoms with van der Waals surface area (Å²) < 4.78 is 2.39. The summed E-state index contributed by atoms with van der Waals surface area (Å²) in [5.74, 6) is 0.713. The quantitative estimate of drug-likeness (QED) is 0.645. The van der Waals surface area contributed by atoms with Crippen molar-refractivity contribution in [3.05, 3.63) is 54.6 Å². The van der Waals surface area contributed by atoms with Gasteiger partial charge in [-0.25, -0.2) is 4.57 Å². The number of H-pyrrole nitrogens is 1. The number of nitrogens with one attached hydrogen (secondary N) is 1. The zero-order valence-electron chi connectivity index (χ0n) is 13.5. The van der Waals surface area contributed by atoms with Crippen molar-refractivity contribution in [2.24, 2.45) is 5.92 Å². The molecule has 0 fully saturated rings. The average Bonchev–Trinajstić information content (AvgIpc) is 3.03. The molecule has 0 saturated carbocycles. The molecule has 2 nitrogen and oxygen atoms in total. The number of rotatable bonds is 9. The first-order chi connectivity index (χ1) is 10.3. The molecular formula is C19H29N2+. The van der Waals surface area contributed by atoms with Crippen LogP contribution in [0.2, 0.25) is 0 Å². The fourth-order valence-corrected chi connectivity index (χ4v) is 3.27. The predicted molar refractivity (Wildman–Crippen MR) is 88.1 cm³/mol. The molecule has 0 radical (unpaired) electrons. The Bertz CT molecular complexity index is 476. The van der Waals surface area contributed by atoms with Crippen LogP contribution < -0.4 is 4.57 Å². The van der Waals surface area contributed by atoms with E-state index in [0.717, 1.165) is 0 Å². The highest BCUT2D eigenvalue weighted by Gasteiger charge is 2.25. The second kappa shape index (κ2) is 8.66. The van der Waals surface area contributed by atoms with Crippen LogP contribution in [0.5, 0.6) is 0 Å². The van der Waals surface area contributed by atoms with Crippen LogP contribution in [0.1, 0.15) is 57.6 Å². The number of benzene rings is 1. The van der Waals surface area contributed by atoms with E-state index in [1.807, 2.05) is 6.20 Å². The highest BCUT2D eigenvalue weighted by molar-refractivity contribution is 5.15. The summed E-state index contributed by atoms with van der Waals surface area (Å²) in [5.41, 5.74) is 1.47.